The lowest BCUT2D eigenvalue weighted by atomic mass is 9.77. The van der Waals surface area contributed by atoms with Gasteiger partial charge in [-0.05, 0) is 47.9 Å². The zero-order valence-electron chi connectivity index (χ0n) is 16.9. The number of fused-ring (bicyclic) bond motifs is 4. The maximum atomic E-state index is 11.2. The topological polar surface area (TPSA) is 66.4 Å². The second kappa shape index (κ2) is 7.00. The first-order valence-corrected chi connectivity index (χ1v) is 9.46. The van der Waals surface area contributed by atoms with Gasteiger partial charge in [-0.1, -0.05) is 13.8 Å². The molecule has 2 aliphatic rings. The number of hydrogen-bond acceptors (Lipinski definition) is 6. The summed E-state index contributed by atoms with van der Waals surface area (Å²) in [4.78, 5) is 0. The van der Waals surface area contributed by atoms with Crippen molar-refractivity contribution in [3.63, 3.8) is 0 Å². The zero-order valence-corrected chi connectivity index (χ0v) is 16.9. The van der Waals surface area contributed by atoms with E-state index in [1.54, 1.807) is 14.2 Å². The molecule has 1 N–H and O–H groups in total. The van der Waals surface area contributed by atoms with E-state index >= 15 is 0 Å². The summed E-state index contributed by atoms with van der Waals surface area (Å²) >= 11 is 0. The highest BCUT2D eigenvalue weighted by Gasteiger charge is 2.33. The average Bonchev–Trinajstić information content (AvgIpc) is 3.14. The second-order valence-electron chi connectivity index (χ2n) is 7.54. The number of methoxy groups -OCH3 is 3. The third-order valence-electron chi connectivity index (χ3n) is 5.94. The van der Waals surface area contributed by atoms with E-state index in [9.17, 15) is 5.11 Å². The smallest absolute Gasteiger partial charge is 0.231 e. The molecule has 0 saturated carbocycles. The Bertz CT molecular complexity index is 920. The second-order valence-corrected chi connectivity index (χ2v) is 7.54. The van der Waals surface area contributed by atoms with Crippen LogP contribution in [0.25, 0.3) is 11.1 Å². The van der Waals surface area contributed by atoms with Crippen molar-refractivity contribution in [3.8, 4) is 45.6 Å². The minimum absolute atomic E-state index is 0.0528. The van der Waals surface area contributed by atoms with Gasteiger partial charge in [0.1, 0.15) is 0 Å². The fraction of sp³-hybridized carbons (Fsp3) is 0.455. The van der Waals surface area contributed by atoms with Crippen molar-refractivity contribution in [2.24, 2.45) is 11.8 Å². The van der Waals surface area contributed by atoms with Gasteiger partial charge in [-0.15, -0.1) is 0 Å². The van der Waals surface area contributed by atoms with E-state index < -0.39 is 0 Å². The fourth-order valence-electron chi connectivity index (χ4n) is 4.26. The predicted octanol–water partition coefficient (Wildman–Crippen LogP) is 4.18. The van der Waals surface area contributed by atoms with Crippen LogP contribution in [-0.4, -0.2) is 33.2 Å². The molecule has 0 bridgehead atoms. The summed E-state index contributed by atoms with van der Waals surface area (Å²) in [6.45, 7) is 4.64. The molecular formula is C22H26O6. The Morgan fingerprint density at radius 3 is 2.11 bits per heavy atom. The quantitative estimate of drug-likeness (QED) is 0.853. The predicted molar refractivity (Wildman–Crippen MR) is 105 cm³/mol. The number of hydrogen-bond donors (Lipinski definition) is 1. The molecule has 0 radical (unpaired) electrons. The standard InChI is InChI=1S/C22H26O6/c1-11-6-13-8-15(24-3)20(25-4)19(23)17(13)18-14(7-12(11)2)9-16-21(22(18)26-5)28-10-27-16/h8-9,11-12,23H,6-7,10H2,1-5H3. The molecule has 0 aromatic heterocycles. The van der Waals surface area contributed by atoms with Gasteiger partial charge in [0.15, 0.2) is 23.0 Å². The number of phenolic OH excluding ortho intramolecular Hbond substituents is 1. The van der Waals surface area contributed by atoms with E-state index in [1.807, 2.05) is 12.1 Å². The highest BCUT2D eigenvalue weighted by Crippen LogP contribution is 2.56. The lowest BCUT2D eigenvalue weighted by molar-refractivity contribution is 0.171. The third-order valence-corrected chi connectivity index (χ3v) is 5.94. The minimum atomic E-state index is 0.0528. The van der Waals surface area contributed by atoms with E-state index in [1.165, 1.54) is 7.11 Å². The van der Waals surface area contributed by atoms with Crippen LogP contribution in [0.1, 0.15) is 25.0 Å². The molecule has 2 aromatic carbocycles. The lowest BCUT2D eigenvalue weighted by Gasteiger charge is -2.29. The molecule has 6 heteroatoms. The Morgan fingerprint density at radius 2 is 1.50 bits per heavy atom. The Morgan fingerprint density at radius 1 is 0.857 bits per heavy atom. The van der Waals surface area contributed by atoms with Gasteiger partial charge in [-0.2, -0.15) is 0 Å². The van der Waals surface area contributed by atoms with Crippen LogP contribution in [0.15, 0.2) is 12.1 Å². The van der Waals surface area contributed by atoms with Crippen molar-refractivity contribution < 1.29 is 28.8 Å². The SMILES string of the molecule is COc1cc2c(c(O)c1OC)-c1c(cc3c(c1OC)OCO3)CC(C)C(C)C2. The van der Waals surface area contributed by atoms with E-state index in [-0.39, 0.29) is 12.5 Å². The first-order chi connectivity index (χ1) is 13.5. The first-order valence-electron chi connectivity index (χ1n) is 9.46. The van der Waals surface area contributed by atoms with Gasteiger partial charge < -0.3 is 28.8 Å². The fourth-order valence-corrected chi connectivity index (χ4v) is 4.26. The van der Waals surface area contributed by atoms with Crippen molar-refractivity contribution in [3.05, 3.63) is 23.3 Å². The number of aromatic hydroxyl groups is 1. The van der Waals surface area contributed by atoms with Gasteiger partial charge in [0.25, 0.3) is 0 Å². The molecule has 1 heterocycles. The molecule has 2 unspecified atom stereocenters. The molecular weight excluding hydrogens is 360 g/mol. The molecule has 2 aromatic rings. The van der Waals surface area contributed by atoms with Crippen molar-refractivity contribution in [1.29, 1.82) is 0 Å². The summed E-state index contributed by atoms with van der Waals surface area (Å²) in [5.74, 6) is 3.56. The van der Waals surface area contributed by atoms with E-state index in [4.69, 9.17) is 23.7 Å². The summed E-state index contributed by atoms with van der Waals surface area (Å²) in [6.07, 6.45) is 1.65. The third kappa shape index (κ3) is 2.70. The summed E-state index contributed by atoms with van der Waals surface area (Å²) in [7, 11) is 4.71. The molecule has 1 aliphatic carbocycles. The van der Waals surface area contributed by atoms with Crippen LogP contribution in [-0.2, 0) is 12.8 Å². The van der Waals surface area contributed by atoms with Crippen LogP contribution in [0.5, 0.6) is 34.5 Å². The van der Waals surface area contributed by atoms with Crippen LogP contribution in [0.4, 0.5) is 0 Å². The van der Waals surface area contributed by atoms with Crippen LogP contribution < -0.4 is 23.7 Å². The Labute approximate surface area is 164 Å². The molecule has 2 atom stereocenters. The molecule has 150 valence electrons. The normalized spacial score (nSPS) is 19.9. The molecule has 0 spiro atoms. The highest BCUT2D eigenvalue weighted by atomic mass is 16.7. The number of benzene rings is 2. The Balaban J connectivity index is 2.10. The van der Waals surface area contributed by atoms with Crippen molar-refractivity contribution >= 4 is 0 Å². The molecule has 0 saturated heterocycles. The summed E-state index contributed by atoms with van der Waals surface area (Å²) < 4.78 is 28.0. The average molecular weight is 386 g/mol. The van der Waals surface area contributed by atoms with Crippen LogP contribution >= 0.6 is 0 Å². The molecule has 28 heavy (non-hydrogen) atoms. The molecule has 1 aliphatic heterocycles. The van der Waals surface area contributed by atoms with Gasteiger partial charge in [0, 0.05) is 11.1 Å². The van der Waals surface area contributed by atoms with Crippen LogP contribution in [0, 0.1) is 11.8 Å². The van der Waals surface area contributed by atoms with Crippen molar-refractivity contribution in [1.82, 2.24) is 0 Å². The van der Waals surface area contributed by atoms with Gasteiger partial charge >= 0.3 is 0 Å². The zero-order chi connectivity index (χ0) is 20.0. The van der Waals surface area contributed by atoms with Gasteiger partial charge in [-0.3, -0.25) is 0 Å². The first kappa shape index (κ1) is 18.6. The van der Waals surface area contributed by atoms with Crippen molar-refractivity contribution in [2.75, 3.05) is 28.1 Å². The summed E-state index contributed by atoms with van der Waals surface area (Å²) in [5.41, 5.74) is 3.59. The Kier molecular flexibility index (Phi) is 4.65. The summed E-state index contributed by atoms with van der Waals surface area (Å²) in [6, 6.07) is 3.96. The van der Waals surface area contributed by atoms with E-state index in [2.05, 4.69) is 13.8 Å². The maximum Gasteiger partial charge on any atom is 0.231 e. The monoisotopic (exact) mass is 386 g/mol. The molecule has 0 fully saturated rings. The number of ether oxygens (including phenoxy) is 5. The van der Waals surface area contributed by atoms with Gasteiger partial charge in [-0.25, -0.2) is 0 Å². The maximum absolute atomic E-state index is 11.2. The number of rotatable bonds is 3. The minimum Gasteiger partial charge on any atom is -0.504 e. The van der Waals surface area contributed by atoms with Crippen LogP contribution in [0.2, 0.25) is 0 Å². The molecule has 6 nitrogen and oxygen atoms in total. The van der Waals surface area contributed by atoms with Crippen LogP contribution in [0.3, 0.4) is 0 Å². The largest absolute Gasteiger partial charge is 0.504 e. The summed E-state index contributed by atoms with van der Waals surface area (Å²) in [5, 5.41) is 11.2. The van der Waals surface area contributed by atoms with Gasteiger partial charge in [0.2, 0.25) is 18.3 Å². The Hall–Kier alpha value is -2.76. The van der Waals surface area contributed by atoms with Gasteiger partial charge in [0.05, 0.1) is 21.3 Å². The van der Waals surface area contributed by atoms with E-state index in [0.29, 0.717) is 46.1 Å². The molecule has 0 amide bonds. The number of phenols is 1. The molecule has 4 rings (SSSR count). The van der Waals surface area contributed by atoms with E-state index in [0.717, 1.165) is 29.5 Å². The van der Waals surface area contributed by atoms with Crippen molar-refractivity contribution in [2.45, 2.75) is 26.7 Å². The lowest BCUT2D eigenvalue weighted by Crippen LogP contribution is -2.18. The highest BCUT2D eigenvalue weighted by molar-refractivity contribution is 5.88.